The number of morpholine rings is 1. The first-order valence-corrected chi connectivity index (χ1v) is 13.3. The van der Waals surface area contributed by atoms with Crippen molar-refractivity contribution in [2.75, 3.05) is 39.4 Å². The Labute approximate surface area is 191 Å². The molecule has 0 bridgehead atoms. The Morgan fingerprint density at radius 2 is 1.42 bits per heavy atom. The first-order valence-electron chi connectivity index (χ1n) is 10.3. The smallest absolute Gasteiger partial charge is 0.241 e. The molecule has 0 amide bonds. The average molecular weight is 494 g/mol. The average Bonchev–Trinajstić information content (AvgIpc) is 2.79. The maximum atomic E-state index is 13.0. The normalized spacial score (nSPS) is 17.0. The van der Waals surface area contributed by atoms with Gasteiger partial charge in [0.15, 0.2) is 11.6 Å². The fourth-order valence-electron chi connectivity index (χ4n) is 3.95. The largest absolute Gasteiger partial charge is 0.379 e. The lowest BCUT2D eigenvalue weighted by molar-refractivity contribution is 0.0376. The van der Waals surface area contributed by atoms with E-state index in [1.165, 1.54) is 12.1 Å². The van der Waals surface area contributed by atoms with Crippen molar-refractivity contribution in [2.24, 2.45) is 5.14 Å². The van der Waals surface area contributed by atoms with Crippen molar-refractivity contribution in [2.45, 2.75) is 16.2 Å². The zero-order valence-corrected chi connectivity index (χ0v) is 19.2. The van der Waals surface area contributed by atoms with Gasteiger partial charge >= 0.3 is 0 Å². The zero-order valence-electron chi connectivity index (χ0n) is 17.6. The van der Waals surface area contributed by atoms with Gasteiger partial charge in [-0.2, -0.15) is 0 Å². The third-order valence-corrected chi connectivity index (χ3v) is 8.21. The number of fused-ring (bicyclic) bond motifs is 2. The molecule has 2 aromatic carbocycles. The summed E-state index contributed by atoms with van der Waals surface area (Å²) in [6, 6.07) is 7.88. The third kappa shape index (κ3) is 4.76. The summed E-state index contributed by atoms with van der Waals surface area (Å²) in [4.78, 5) is 26.6. The molecule has 176 valence electrons. The SMILES string of the molecule is NS(=O)(=O)c1cc2c(cc1S(=O)(=O)NCCCN1CCOCC1)C(=O)c1ccccc1C2=O. The van der Waals surface area contributed by atoms with E-state index in [1.54, 1.807) is 12.1 Å². The number of ketones is 2. The lowest BCUT2D eigenvalue weighted by Gasteiger charge is -2.26. The molecule has 2 aliphatic rings. The van der Waals surface area contributed by atoms with Crippen LogP contribution in [0.5, 0.6) is 0 Å². The first-order chi connectivity index (χ1) is 15.6. The van der Waals surface area contributed by atoms with E-state index in [0.29, 0.717) is 26.2 Å². The lowest BCUT2D eigenvalue weighted by Crippen LogP contribution is -2.38. The molecule has 1 heterocycles. The van der Waals surface area contributed by atoms with Gasteiger partial charge in [0.1, 0.15) is 9.79 Å². The molecule has 1 aliphatic heterocycles. The predicted molar refractivity (Wildman–Crippen MR) is 118 cm³/mol. The van der Waals surface area contributed by atoms with E-state index >= 15 is 0 Å². The highest BCUT2D eigenvalue weighted by Gasteiger charge is 2.34. The number of rotatable bonds is 7. The second kappa shape index (κ2) is 9.05. The quantitative estimate of drug-likeness (QED) is 0.440. The lowest BCUT2D eigenvalue weighted by atomic mass is 9.84. The van der Waals surface area contributed by atoms with E-state index in [4.69, 9.17) is 9.88 Å². The summed E-state index contributed by atoms with van der Waals surface area (Å²) >= 11 is 0. The minimum absolute atomic E-state index is 0.0521. The molecule has 2 aromatic rings. The summed E-state index contributed by atoms with van der Waals surface area (Å²) in [5.74, 6) is -1.14. The van der Waals surface area contributed by atoms with Crippen LogP contribution in [0.25, 0.3) is 0 Å². The molecule has 0 atom stereocenters. The highest BCUT2D eigenvalue weighted by Crippen LogP contribution is 2.32. The van der Waals surface area contributed by atoms with Crippen LogP contribution in [0, 0.1) is 0 Å². The van der Waals surface area contributed by atoms with E-state index in [-0.39, 0.29) is 28.8 Å². The number of hydrogen-bond donors (Lipinski definition) is 2. The maximum Gasteiger partial charge on any atom is 0.241 e. The van der Waals surface area contributed by atoms with E-state index in [2.05, 4.69) is 9.62 Å². The van der Waals surface area contributed by atoms with Crippen molar-refractivity contribution in [1.29, 1.82) is 0 Å². The van der Waals surface area contributed by atoms with Crippen molar-refractivity contribution in [1.82, 2.24) is 9.62 Å². The molecule has 3 N–H and O–H groups in total. The number of sulfonamides is 2. The summed E-state index contributed by atoms with van der Waals surface area (Å²) in [6.07, 6.45) is 0.486. The molecule has 33 heavy (non-hydrogen) atoms. The number of ether oxygens (including phenoxy) is 1. The fourth-order valence-corrected chi connectivity index (χ4v) is 6.41. The monoisotopic (exact) mass is 493 g/mol. The maximum absolute atomic E-state index is 13.0. The number of carbonyl (C=O) groups is 2. The highest BCUT2D eigenvalue weighted by molar-refractivity contribution is 7.92. The summed E-state index contributed by atoms with van der Waals surface area (Å²) < 4.78 is 58.1. The van der Waals surface area contributed by atoms with E-state index in [9.17, 15) is 26.4 Å². The molecule has 0 saturated carbocycles. The van der Waals surface area contributed by atoms with Crippen LogP contribution < -0.4 is 9.86 Å². The van der Waals surface area contributed by atoms with Crippen molar-refractivity contribution < 1.29 is 31.2 Å². The van der Waals surface area contributed by atoms with Crippen LogP contribution in [0.3, 0.4) is 0 Å². The highest BCUT2D eigenvalue weighted by atomic mass is 32.2. The van der Waals surface area contributed by atoms with Crippen LogP contribution in [0.1, 0.15) is 38.3 Å². The third-order valence-electron chi connectivity index (χ3n) is 5.63. The van der Waals surface area contributed by atoms with Gasteiger partial charge in [-0.05, 0) is 25.1 Å². The van der Waals surface area contributed by atoms with Crippen LogP contribution in [-0.2, 0) is 24.8 Å². The molecular formula is C21H23N3O7S2. The first kappa shape index (κ1) is 23.7. The fraction of sp³-hybridized carbons (Fsp3) is 0.333. The van der Waals surface area contributed by atoms with E-state index < -0.39 is 41.4 Å². The van der Waals surface area contributed by atoms with Crippen LogP contribution in [0.15, 0.2) is 46.2 Å². The van der Waals surface area contributed by atoms with E-state index in [1.807, 2.05) is 0 Å². The van der Waals surface area contributed by atoms with Crippen molar-refractivity contribution in [3.63, 3.8) is 0 Å². The standard InChI is InChI=1S/C21H23N3O7S2/c22-32(27,28)18-12-16-17(21(26)15-5-2-1-4-14(15)20(16)25)13-19(18)33(29,30)23-6-3-7-24-8-10-31-11-9-24/h1-2,4-5,12-13,23H,3,6-11H2,(H2,22,27,28). The summed E-state index contributed by atoms with van der Waals surface area (Å²) in [6.45, 7) is 3.44. The van der Waals surface area contributed by atoms with Crippen LogP contribution >= 0.6 is 0 Å². The van der Waals surface area contributed by atoms with Gasteiger partial charge in [0.05, 0.1) is 13.2 Å². The van der Waals surface area contributed by atoms with E-state index in [0.717, 1.165) is 25.2 Å². The molecule has 12 heteroatoms. The summed E-state index contributed by atoms with van der Waals surface area (Å²) in [5.41, 5.74) is -0.138. The Hall–Kier alpha value is -2.48. The van der Waals surface area contributed by atoms with Gasteiger partial charge < -0.3 is 4.74 Å². The summed E-state index contributed by atoms with van der Waals surface area (Å²) in [7, 11) is -8.87. The van der Waals surface area contributed by atoms with Crippen LogP contribution in [0.2, 0.25) is 0 Å². The molecule has 1 aliphatic carbocycles. The molecule has 1 fully saturated rings. The number of nitrogens with one attached hydrogen (secondary N) is 1. The van der Waals surface area contributed by atoms with Crippen LogP contribution in [0.4, 0.5) is 0 Å². The predicted octanol–water partition coefficient (Wildman–Crippen LogP) is 0.110. The van der Waals surface area contributed by atoms with Gasteiger partial charge in [0.2, 0.25) is 20.0 Å². The van der Waals surface area contributed by atoms with Crippen molar-refractivity contribution in [3.8, 4) is 0 Å². The van der Waals surface area contributed by atoms with Gasteiger partial charge in [-0.15, -0.1) is 0 Å². The van der Waals surface area contributed by atoms with Gasteiger partial charge in [-0.1, -0.05) is 24.3 Å². The molecule has 0 radical (unpaired) electrons. The molecule has 4 rings (SSSR count). The Kier molecular flexibility index (Phi) is 6.49. The number of primary sulfonamides is 1. The number of benzene rings is 2. The number of nitrogens with two attached hydrogens (primary N) is 1. The number of nitrogens with zero attached hydrogens (tertiary/aromatic N) is 1. The van der Waals surface area contributed by atoms with Gasteiger partial charge in [0.25, 0.3) is 0 Å². The summed E-state index contributed by atoms with van der Waals surface area (Å²) in [5, 5.41) is 5.28. The number of hydrogen-bond acceptors (Lipinski definition) is 8. The van der Waals surface area contributed by atoms with Gasteiger partial charge in [0, 0.05) is 41.9 Å². The molecule has 10 nitrogen and oxygen atoms in total. The van der Waals surface area contributed by atoms with Gasteiger partial charge in [-0.3, -0.25) is 14.5 Å². The topological polar surface area (TPSA) is 153 Å². The van der Waals surface area contributed by atoms with Crippen LogP contribution in [-0.4, -0.2) is 72.7 Å². The second-order valence-electron chi connectivity index (χ2n) is 7.80. The van der Waals surface area contributed by atoms with Crippen molar-refractivity contribution in [3.05, 3.63) is 58.7 Å². The Bertz CT molecular complexity index is 1330. The Balaban J connectivity index is 1.66. The zero-order chi connectivity index (χ0) is 23.8. The molecule has 0 unspecified atom stereocenters. The Morgan fingerprint density at radius 1 is 0.879 bits per heavy atom. The molecule has 0 aromatic heterocycles. The van der Waals surface area contributed by atoms with Crippen molar-refractivity contribution >= 4 is 31.6 Å². The number of carbonyl (C=O) groups excluding carboxylic acids is 2. The minimum atomic E-state index is -4.52. The Morgan fingerprint density at radius 3 is 1.97 bits per heavy atom. The second-order valence-corrected chi connectivity index (χ2v) is 11.1. The molecule has 0 spiro atoms. The van der Waals surface area contributed by atoms with Gasteiger partial charge in [-0.25, -0.2) is 26.7 Å². The minimum Gasteiger partial charge on any atom is -0.379 e. The molecular weight excluding hydrogens is 470 g/mol. The molecule has 1 saturated heterocycles.